The van der Waals surface area contributed by atoms with Crippen molar-refractivity contribution in [2.45, 2.75) is 37.9 Å². The second-order valence-electron chi connectivity index (χ2n) is 6.44. The van der Waals surface area contributed by atoms with Crippen LogP contribution in [-0.4, -0.2) is 110 Å². The summed E-state index contributed by atoms with van der Waals surface area (Å²) in [5.41, 5.74) is 0. The summed E-state index contributed by atoms with van der Waals surface area (Å²) in [5, 5.41) is 74.6. The van der Waals surface area contributed by atoms with Crippen LogP contribution in [0.5, 0.6) is 0 Å². The molecule has 2 aromatic heterocycles. The van der Waals surface area contributed by atoms with Gasteiger partial charge in [0, 0.05) is 0 Å². The first-order valence-corrected chi connectivity index (χ1v) is 9.53. The molecule has 2 aromatic rings. The van der Waals surface area contributed by atoms with Gasteiger partial charge in [-0.2, -0.15) is 0 Å². The number of imidazole rings is 2. The molecule has 18 heteroatoms. The zero-order valence-corrected chi connectivity index (χ0v) is 17.7. The SMILES string of the molecule is O=[N+]([O-])c1nccn1CO[C@@H](CO)[C@H](O)CO.O=[N+]([O-])c1nccn1CO[C@H](CO)[C@@H](O)CO. The summed E-state index contributed by atoms with van der Waals surface area (Å²) in [7, 11) is 0. The van der Waals surface area contributed by atoms with E-state index in [1.165, 1.54) is 24.8 Å². The first kappa shape index (κ1) is 28.9. The van der Waals surface area contributed by atoms with Gasteiger partial charge in [-0.15, -0.1) is 0 Å². The van der Waals surface area contributed by atoms with E-state index in [0.29, 0.717) is 0 Å². The number of nitrogens with zero attached hydrogens (tertiary/aromatic N) is 6. The number of hydrogen-bond donors (Lipinski definition) is 6. The molecule has 34 heavy (non-hydrogen) atoms. The van der Waals surface area contributed by atoms with Gasteiger partial charge in [0.2, 0.25) is 0 Å². The largest absolute Gasteiger partial charge is 0.436 e. The second-order valence-corrected chi connectivity index (χ2v) is 6.44. The molecular weight excluding hydrogens is 468 g/mol. The Bertz CT molecular complexity index is 806. The average Bonchev–Trinajstić information content (AvgIpc) is 3.49. The molecule has 192 valence electrons. The standard InChI is InChI=1S/2C8H13N3O6/c2*12-3-6(14)7(4-13)17-5-10-2-1-9-8(10)11(15)16/h2*1-2,6-7,12-14H,3-5H2/t2*6-,7+/m10/s1. The van der Waals surface area contributed by atoms with Gasteiger partial charge in [-0.05, 0) is 9.85 Å². The van der Waals surface area contributed by atoms with E-state index in [-0.39, 0.29) is 13.5 Å². The Labute approximate surface area is 191 Å². The van der Waals surface area contributed by atoms with Crippen molar-refractivity contribution < 1.29 is 50.0 Å². The zero-order valence-electron chi connectivity index (χ0n) is 17.7. The summed E-state index contributed by atoms with van der Waals surface area (Å²) >= 11 is 0. The summed E-state index contributed by atoms with van der Waals surface area (Å²) in [6.45, 7) is -2.67. The molecular formula is C16H26N6O12. The zero-order chi connectivity index (χ0) is 25.7. The van der Waals surface area contributed by atoms with Gasteiger partial charge in [0.1, 0.15) is 49.2 Å². The van der Waals surface area contributed by atoms with Crippen molar-refractivity contribution in [3.63, 3.8) is 0 Å². The highest BCUT2D eigenvalue weighted by atomic mass is 16.6. The third kappa shape index (κ3) is 8.68. The van der Waals surface area contributed by atoms with Crippen LogP contribution in [0.2, 0.25) is 0 Å². The topological polar surface area (TPSA) is 262 Å². The molecule has 0 spiro atoms. The van der Waals surface area contributed by atoms with Crippen molar-refractivity contribution in [2.75, 3.05) is 26.4 Å². The fraction of sp³-hybridized carbons (Fsp3) is 0.625. The molecule has 2 rings (SSSR count). The number of hydrogen-bond acceptors (Lipinski definition) is 14. The summed E-state index contributed by atoms with van der Waals surface area (Å²) in [4.78, 5) is 26.7. The first-order chi connectivity index (χ1) is 16.2. The number of aliphatic hydroxyl groups excluding tert-OH is 6. The van der Waals surface area contributed by atoms with Crippen molar-refractivity contribution >= 4 is 11.9 Å². The van der Waals surface area contributed by atoms with Crippen molar-refractivity contribution in [1.82, 2.24) is 19.1 Å². The number of ether oxygens (including phenoxy) is 2. The molecule has 0 unspecified atom stereocenters. The van der Waals surface area contributed by atoms with Crippen molar-refractivity contribution in [3.05, 3.63) is 45.0 Å². The minimum absolute atomic E-state index is 0.251. The third-order valence-corrected chi connectivity index (χ3v) is 4.16. The van der Waals surface area contributed by atoms with Gasteiger partial charge >= 0.3 is 11.9 Å². The van der Waals surface area contributed by atoms with E-state index in [1.54, 1.807) is 0 Å². The van der Waals surface area contributed by atoms with Crippen molar-refractivity contribution in [1.29, 1.82) is 0 Å². The van der Waals surface area contributed by atoms with E-state index in [4.69, 9.17) is 29.9 Å². The molecule has 0 fully saturated rings. The average molecular weight is 494 g/mol. The number of aliphatic hydroxyl groups is 6. The molecule has 0 aliphatic carbocycles. The normalized spacial score (nSPS) is 14.5. The predicted octanol–water partition coefficient (Wildman–Crippen LogP) is -3.04. The van der Waals surface area contributed by atoms with Crippen molar-refractivity contribution in [3.8, 4) is 0 Å². The lowest BCUT2D eigenvalue weighted by Crippen LogP contribution is -2.35. The molecule has 2 heterocycles. The van der Waals surface area contributed by atoms with E-state index in [2.05, 4.69) is 9.97 Å². The third-order valence-electron chi connectivity index (χ3n) is 4.16. The maximum Gasteiger partial charge on any atom is 0.436 e. The van der Waals surface area contributed by atoms with Crippen LogP contribution in [0.1, 0.15) is 0 Å². The molecule has 0 aliphatic heterocycles. The van der Waals surface area contributed by atoms with E-state index >= 15 is 0 Å². The number of nitro groups is 2. The van der Waals surface area contributed by atoms with Gasteiger partial charge in [-0.1, -0.05) is 9.97 Å². The Hall–Kier alpha value is -3.10. The maximum atomic E-state index is 10.5. The van der Waals surface area contributed by atoms with Crippen LogP contribution in [-0.2, 0) is 22.9 Å². The van der Waals surface area contributed by atoms with Gasteiger partial charge in [-0.25, -0.2) is 9.13 Å². The molecule has 0 aliphatic rings. The Balaban J connectivity index is 0.000000340. The van der Waals surface area contributed by atoms with Crippen molar-refractivity contribution in [2.24, 2.45) is 0 Å². The molecule has 0 radical (unpaired) electrons. The fourth-order valence-electron chi connectivity index (χ4n) is 2.31. The molecule has 4 atom stereocenters. The highest BCUT2D eigenvalue weighted by molar-refractivity contribution is 5.06. The monoisotopic (exact) mass is 494 g/mol. The first-order valence-electron chi connectivity index (χ1n) is 9.53. The predicted molar refractivity (Wildman–Crippen MR) is 108 cm³/mol. The Morgan fingerprint density at radius 3 is 1.38 bits per heavy atom. The van der Waals surface area contributed by atoms with Crippen LogP contribution in [0.4, 0.5) is 11.9 Å². The summed E-state index contributed by atoms with van der Waals surface area (Å²) < 4.78 is 12.3. The maximum absolute atomic E-state index is 10.5. The highest BCUT2D eigenvalue weighted by Gasteiger charge is 2.22. The summed E-state index contributed by atoms with van der Waals surface area (Å²) in [6.07, 6.45) is 0.611. The minimum Gasteiger partial charge on any atom is -0.394 e. The van der Waals surface area contributed by atoms with Crippen LogP contribution in [0.25, 0.3) is 0 Å². The van der Waals surface area contributed by atoms with Crippen LogP contribution in [0, 0.1) is 20.2 Å². The highest BCUT2D eigenvalue weighted by Crippen LogP contribution is 2.10. The molecule has 6 N–H and O–H groups in total. The van der Waals surface area contributed by atoms with Gasteiger partial charge in [0.15, 0.2) is 13.5 Å². The Kier molecular flexibility index (Phi) is 12.7. The van der Waals surface area contributed by atoms with Gasteiger partial charge in [0.25, 0.3) is 0 Å². The lowest BCUT2D eigenvalue weighted by Gasteiger charge is -2.18. The van der Waals surface area contributed by atoms with Crippen LogP contribution in [0.3, 0.4) is 0 Å². The molecule has 0 aromatic carbocycles. The lowest BCUT2D eigenvalue weighted by molar-refractivity contribution is -0.398. The van der Waals surface area contributed by atoms with E-state index in [9.17, 15) is 30.4 Å². The quantitative estimate of drug-likeness (QED) is 0.113. The lowest BCUT2D eigenvalue weighted by atomic mass is 10.2. The smallest absolute Gasteiger partial charge is 0.394 e. The van der Waals surface area contributed by atoms with E-state index in [0.717, 1.165) is 9.13 Å². The van der Waals surface area contributed by atoms with Gasteiger partial charge < -0.3 is 60.3 Å². The molecule has 0 bridgehead atoms. The van der Waals surface area contributed by atoms with Gasteiger partial charge in [-0.3, -0.25) is 0 Å². The number of aromatic nitrogens is 4. The number of rotatable bonds is 14. The van der Waals surface area contributed by atoms with Crippen LogP contribution >= 0.6 is 0 Å². The fourth-order valence-corrected chi connectivity index (χ4v) is 2.31. The Morgan fingerprint density at radius 2 is 1.12 bits per heavy atom. The molecule has 0 amide bonds. The minimum atomic E-state index is -1.25. The van der Waals surface area contributed by atoms with E-state index in [1.807, 2.05) is 0 Å². The van der Waals surface area contributed by atoms with E-state index < -0.39 is 72.6 Å². The van der Waals surface area contributed by atoms with Crippen LogP contribution in [0.15, 0.2) is 24.8 Å². The second kappa shape index (κ2) is 14.9. The summed E-state index contributed by atoms with van der Waals surface area (Å²) in [6, 6.07) is 0. The van der Waals surface area contributed by atoms with Gasteiger partial charge in [0.05, 0.1) is 26.4 Å². The Morgan fingerprint density at radius 1 is 0.765 bits per heavy atom. The van der Waals surface area contributed by atoms with Crippen LogP contribution < -0.4 is 0 Å². The summed E-state index contributed by atoms with van der Waals surface area (Å²) in [5.74, 6) is -0.805. The molecule has 0 saturated heterocycles. The molecule has 0 saturated carbocycles. The molecule has 18 nitrogen and oxygen atoms in total.